The molecule has 118 valence electrons. The molecule has 0 aliphatic heterocycles. The number of aromatic amines is 1. The first-order valence-corrected chi connectivity index (χ1v) is 7.39. The van der Waals surface area contributed by atoms with Crippen molar-refractivity contribution in [3.05, 3.63) is 40.6 Å². The molecule has 0 aromatic carbocycles. The van der Waals surface area contributed by atoms with Crippen molar-refractivity contribution in [3.63, 3.8) is 0 Å². The summed E-state index contributed by atoms with van der Waals surface area (Å²) in [5, 5.41) is 13.4. The third kappa shape index (κ3) is 3.33. The van der Waals surface area contributed by atoms with Crippen LogP contribution in [0.25, 0.3) is 10.8 Å². The quantitative estimate of drug-likeness (QED) is 0.755. The van der Waals surface area contributed by atoms with Crippen LogP contribution < -0.4 is 10.9 Å². The second-order valence-corrected chi connectivity index (χ2v) is 5.73. The van der Waals surface area contributed by atoms with Gasteiger partial charge in [0.25, 0.3) is 11.5 Å². The Morgan fingerprint density at radius 1 is 1.41 bits per heavy atom. The molecule has 2 heterocycles. The highest BCUT2D eigenvalue weighted by molar-refractivity contribution is 6.06. The first-order chi connectivity index (χ1) is 10.5. The number of H-pyrrole nitrogens is 1. The van der Waals surface area contributed by atoms with E-state index in [2.05, 4.69) is 22.2 Å². The molecule has 0 saturated heterocycles. The van der Waals surface area contributed by atoms with Gasteiger partial charge in [-0.15, -0.1) is 0 Å². The summed E-state index contributed by atoms with van der Waals surface area (Å²) in [6, 6.07) is 1.68. The molecule has 2 aromatic rings. The van der Waals surface area contributed by atoms with E-state index in [-0.39, 0.29) is 18.1 Å². The second kappa shape index (κ2) is 6.70. The summed E-state index contributed by atoms with van der Waals surface area (Å²) >= 11 is 0. The molecule has 0 spiro atoms. The van der Waals surface area contributed by atoms with Crippen LogP contribution in [0.1, 0.15) is 43.5 Å². The summed E-state index contributed by atoms with van der Waals surface area (Å²) in [5.41, 5.74) is -0.633. The van der Waals surface area contributed by atoms with Crippen molar-refractivity contribution in [3.8, 4) is 0 Å². The normalized spacial score (nSPS) is 13.8. The number of carbonyl (C=O) groups excluding carboxylic acids is 1. The lowest BCUT2D eigenvalue weighted by Crippen LogP contribution is -2.49. The zero-order chi connectivity index (χ0) is 16.2. The zero-order valence-electron chi connectivity index (χ0n) is 12.8. The molecule has 2 aromatic heterocycles. The predicted octanol–water partition coefficient (Wildman–Crippen LogP) is 1.59. The van der Waals surface area contributed by atoms with Crippen LogP contribution in [0, 0.1) is 0 Å². The third-order valence-corrected chi connectivity index (χ3v) is 3.79. The van der Waals surface area contributed by atoms with E-state index >= 15 is 0 Å². The average molecular weight is 303 g/mol. The van der Waals surface area contributed by atoms with Crippen LogP contribution in [-0.2, 0) is 0 Å². The molecule has 1 amide bonds. The Morgan fingerprint density at radius 3 is 2.86 bits per heavy atom. The van der Waals surface area contributed by atoms with Crippen LogP contribution in [0.4, 0.5) is 0 Å². The van der Waals surface area contributed by atoms with Gasteiger partial charge in [0, 0.05) is 24.0 Å². The lowest BCUT2D eigenvalue weighted by molar-refractivity contribution is 0.0840. The van der Waals surface area contributed by atoms with E-state index in [0.717, 1.165) is 12.8 Å². The van der Waals surface area contributed by atoms with Crippen LogP contribution in [0.3, 0.4) is 0 Å². The Bertz CT molecular complexity index is 726. The second-order valence-electron chi connectivity index (χ2n) is 5.73. The van der Waals surface area contributed by atoms with Gasteiger partial charge < -0.3 is 15.4 Å². The van der Waals surface area contributed by atoms with Crippen molar-refractivity contribution < 1.29 is 9.90 Å². The summed E-state index contributed by atoms with van der Waals surface area (Å²) in [4.78, 5) is 30.8. The molecule has 2 rings (SSSR count). The number of hydrogen-bond acceptors (Lipinski definition) is 4. The summed E-state index contributed by atoms with van der Waals surface area (Å²) in [5.74, 6) is -0.337. The minimum Gasteiger partial charge on any atom is -0.394 e. The van der Waals surface area contributed by atoms with Crippen LogP contribution >= 0.6 is 0 Å². The number of nitrogens with zero attached hydrogens (tertiary/aromatic N) is 1. The summed E-state index contributed by atoms with van der Waals surface area (Å²) in [6.07, 6.45) is 6.96. The van der Waals surface area contributed by atoms with Gasteiger partial charge in [0.1, 0.15) is 0 Å². The van der Waals surface area contributed by atoms with Crippen LogP contribution in [0.5, 0.6) is 0 Å². The monoisotopic (exact) mass is 303 g/mol. The van der Waals surface area contributed by atoms with E-state index < -0.39 is 5.54 Å². The number of rotatable bonds is 6. The molecule has 3 N–H and O–H groups in total. The Hall–Kier alpha value is -2.21. The Morgan fingerprint density at radius 2 is 2.18 bits per heavy atom. The third-order valence-electron chi connectivity index (χ3n) is 3.79. The molecule has 1 unspecified atom stereocenters. The molecule has 1 atom stereocenters. The Labute approximate surface area is 128 Å². The maximum atomic E-state index is 12.5. The van der Waals surface area contributed by atoms with E-state index in [1.807, 2.05) is 6.92 Å². The first-order valence-electron chi connectivity index (χ1n) is 7.39. The van der Waals surface area contributed by atoms with Crippen LogP contribution in [0.15, 0.2) is 29.5 Å². The average Bonchev–Trinajstić information content (AvgIpc) is 2.53. The number of aliphatic hydroxyl groups excluding tert-OH is 1. The molecule has 0 aliphatic carbocycles. The van der Waals surface area contributed by atoms with Gasteiger partial charge >= 0.3 is 0 Å². The molecular weight excluding hydrogens is 282 g/mol. The van der Waals surface area contributed by atoms with Crippen LogP contribution in [-0.4, -0.2) is 33.1 Å². The van der Waals surface area contributed by atoms with Crippen molar-refractivity contribution >= 4 is 16.7 Å². The molecular formula is C16H21N3O3. The maximum absolute atomic E-state index is 12.5. The Kier molecular flexibility index (Phi) is 4.92. The number of aromatic nitrogens is 2. The van der Waals surface area contributed by atoms with Crippen molar-refractivity contribution in [1.82, 2.24) is 15.3 Å². The summed E-state index contributed by atoms with van der Waals surface area (Å²) in [6.45, 7) is 3.73. The van der Waals surface area contributed by atoms with Gasteiger partial charge in [0.2, 0.25) is 0 Å². The molecule has 22 heavy (non-hydrogen) atoms. The summed E-state index contributed by atoms with van der Waals surface area (Å²) in [7, 11) is 0. The highest BCUT2D eigenvalue weighted by Crippen LogP contribution is 2.17. The van der Waals surface area contributed by atoms with Gasteiger partial charge in [-0.1, -0.05) is 19.8 Å². The van der Waals surface area contributed by atoms with Gasteiger partial charge in [-0.3, -0.25) is 14.6 Å². The predicted molar refractivity (Wildman–Crippen MR) is 84.8 cm³/mol. The van der Waals surface area contributed by atoms with E-state index in [1.54, 1.807) is 6.07 Å². The molecule has 0 fully saturated rings. The summed E-state index contributed by atoms with van der Waals surface area (Å²) < 4.78 is 0. The van der Waals surface area contributed by atoms with Crippen molar-refractivity contribution in [2.75, 3.05) is 6.61 Å². The minimum absolute atomic E-state index is 0.141. The van der Waals surface area contributed by atoms with Crippen molar-refractivity contribution in [2.24, 2.45) is 0 Å². The fourth-order valence-electron chi connectivity index (χ4n) is 2.38. The lowest BCUT2D eigenvalue weighted by Gasteiger charge is -2.28. The number of fused-ring (bicyclic) bond motifs is 1. The maximum Gasteiger partial charge on any atom is 0.257 e. The smallest absolute Gasteiger partial charge is 0.257 e. The van der Waals surface area contributed by atoms with E-state index in [0.29, 0.717) is 22.8 Å². The molecule has 6 nitrogen and oxygen atoms in total. The van der Waals surface area contributed by atoms with E-state index in [1.165, 1.54) is 18.6 Å². The first kappa shape index (κ1) is 16.2. The van der Waals surface area contributed by atoms with Gasteiger partial charge in [0.05, 0.1) is 23.1 Å². The zero-order valence-corrected chi connectivity index (χ0v) is 12.8. The molecule has 0 bridgehead atoms. The number of hydrogen-bond donors (Lipinski definition) is 3. The molecule has 0 saturated carbocycles. The molecule has 0 radical (unpaired) electrons. The molecule has 6 heteroatoms. The van der Waals surface area contributed by atoms with Gasteiger partial charge in [0.15, 0.2) is 0 Å². The van der Waals surface area contributed by atoms with Gasteiger partial charge in [-0.25, -0.2) is 0 Å². The standard InChI is InChI=1S/C16H21N3O3/c1-3-4-6-16(2,10-20)19-15(22)13-9-17-8-12-11(13)5-7-18-14(12)21/h5,7-9,20H,3-4,6,10H2,1-2H3,(H,18,21)(H,19,22). The number of carbonyl (C=O) groups is 1. The van der Waals surface area contributed by atoms with Crippen LogP contribution in [0.2, 0.25) is 0 Å². The molecule has 0 aliphatic rings. The Balaban J connectivity index is 2.34. The fourth-order valence-corrected chi connectivity index (χ4v) is 2.38. The largest absolute Gasteiger partial charge is 0.394 e. The van der Waals surface area contributed by atoms with Crippen molar-refractivity contribution in [1.29, 1.82) is 0 Å². The minimum atomic E-state index is -0.684. The number of unbranched alkanes of at least 4 members (excludes halogenated alkanes) is 1. The highest BCUT2D eigenvalue weighted by atomic mass is 16.3. The van der Waals surface area contributed by atoms with E-state index in [9.17, 15) is 14.7 Å². The number of amides is 1. The topological polar surface area (TPSA) is 95.1 Å². The van der Waals surface area contributed by atoms with Gasteiger partial charge in [-0.05, 0) is 19.4 Å². The highest BCUT2D eigenvalue weighted by Gasteiger charge is 2.26. The number of pyridine rings is 2. The lowest BCUT2D eigenvalue weighted by atomic mass is 9.95. The fraction of sp³-hybridized carbons (Fsp3) is 0.438. The van der Waals surface area contributed by atoms with Crippen molar-refractivity contribution in [2.45, 2.75) is 38.6 Å². The number of aliphatic hydroxyl groups is 1. The SMILES string of the molecule is CCCCC(C)(CO)NC(=O)c1cncc2c(=O)[nH]ccc12. The number of nitrogens with one attached hydrogen (secondary N) is 2. The van der Waals surface area contributed by atoms with E-state index in [4.69, 9.17) is 0 Å². The van der Waals surface area contributed by atoms with Gasteiger partial charge in [-0.2, -0.15) is 0 Å².